The molecule has 9 heteroatoms. The zero-order chi connectivity index (χ0) is 20.7. The Labute approximate surface area is 169 Å². The maximum atomic E-state index is 12.5. The Hall–Kier alpha value is -3.01. The average molecular weight is 414 g/mol. The van der Waals surface area contributed by atoms with Gasteiger partial charge in [0.2, 0.25) is 10.0 Å². The number of H-pyrrole nitrogens is 1. The highest BCUT2D eigenvalue weighted by atomic mass is 32.2. The number of sulfonamides is 1. The number of amides is 1. The Morgan fingerprint density at radius 2 is 1.93 bits per heavy atom. The van der Waals surface area contributed by atoms with Gasteiger partial charge in [-0.2, -0.15) is 5.10 Å². The molecular formula is C20H22N4O4S. The number of benzene rings is 2. The van der Waals surface area contributed by atoms with Crippen LogP contribution in [0.1, 0.15) is 15.9 Å². The van der Waals surface area contributed by atoms with Crippen LogP contribution in [0.5, 0.6) is 0 Å². The predicted octanol–water partition coefficient (Wildman–Crippen LogP) is 1.93. The normalized spacial score (nSPS) is 11.3. The number of carbonyl (C=O) groups is 1. The van der Waals surface area contributed by atoms with E-state index < -0.39 is 10.0 Å². The molecule has 29 heavy (non-hydrogen) atoms. The van der Waals surface area contributed by atoms with Crippen LogP contribution in [0.25, 0.3) is 11.3 Å². The first-order valence-corrected chi connectivity index (χ1v) is 10.4. The van der Waals surface area contributed by atoms with Gasteiger partial charge in [-0.1, -0.05) is 30.3 Å². The third-order valence-electron chi connectivity index (χ3n) is 4.22. The van der Waals surface area contributed by atoms with E-state index in [0.717, 1.165) is 16.8 Å². The minimum absolute atomic E-state index is 0.0326. The molecule has 0 radical (unpaired) electrons. The van der Waals surface area contributed by atoms with Crippen LogP contribution in [0.15, 0.2) is 65.7 Å². The predicted molar refractivity (Wildman–Crippen MR) is 109 cm³/mol. The molecule has 3 rings (SSSR count). The number of aromatic nitrogens is 2. The zero-order valence-electron chi connectivity index (χ0n) is 15.9. The maximum Gasteiger partial charge on any atom is 0.251 e. The van der Waals surface area contributed by atoms with Gasteiger partial charge in [0.25, 0.3) is 5.91 Å². The van der Waals surface area contributed by atoms with E-state index in [1.165, 1.54) is 19.2 Å². The second kappa shape index (κ2) is 9.46. The minimum atomic E-state index is -3.70. The molecule has 8 nitrogen and oxygen atoms in total. The summed E-state index contributed by atoms with van der Waals surface area (Å²) < 4.78 is 31.8. The molecule has 0 saturated heterocycles. The van der Waals surface area contributed by atoms with Gasteiger partial charge in [-0.3, -0.25) is 9.89 Å². The third kappa shape index (κ3) is 5.50. The van der Waals surface area contributed by atoms with E-state index in [1.54, 1.807) is 18.3 Å². The lowest BCUT2D eigenvalue weighted by atomic mass is 10.1. The molecule has 0 aliphatic rings. The standard InChI is InChI=1S/C20H22N4O4S/c1-28-12-11-23-29(26,27)18-4-2-3-17(13-18)20(25)21-14-15-5-7-16(8-6-15)19-9-10-22-24-19/h2-10,13,23H,11-12,14H2,1H3,(H,21,25)(H,22,24). The molecule has 2 aromatic carbocycles. The summed E-state index contributed by atoms with van der Waals surface area (Å²) in [7, 11) is -2.21. The Morgan fingerprint density at radius 3 is 2.62 bits per heavy atom. The van der Waals surface area contributed by atoms with Crippen molar-refractivity contribution in [1.82, 2.24) is 20.2 Å². The Bertz CT molecular complexity index is 1050. The Kier molecular flexibility index (Phi) is 6.76. The Balaban J connectivity index is 1.62. The number of ether oxygens (including phenoxy) is 1. The monoisotopic (exact) mass is 414 g/mol. The smallest absolute Gasteiger partial charge is 0.251 e. The summed E-state index contributed by atoms with van der Waals surface area (Å²) in [5.74, 6) is -0.350. The molecule has 0 saturated carbocycles. The van der Waals surface area contributed by atoms with Gasteiger partial charge in [-0.05, 0) is 35.4 Å². The number of aromatic amines is 1. The topological polar surface area (TPSA) is 113 Å². The highest BCUT2D eigenvalue weighted by Gasteiger charge is 2.15. The number of nitrogens with one attached hydrogen (secondary N) is 3. The Morgan fingerprint density at radius 1 is 1.14 bits per heavy atom. The first-order chi connectivity index (χ1) is 14.0. The molecule has 0 bridgehead atoms. The number of carbonyl (C=O) groups excluding carboxylic acids is 1. The van der Waals surface area contributed by atoms with Crippen LogP contribution in [-0.2, 0) is 21.3 Å². The molecule has 0 spiro atoms. The van der Waals surface area contributed by atoms with Crippen molar-refractivity contribution in [2.24, 2.45) is 0 Å². The first-order valence-electron chi connectivity index (χ1n) is 8.95. The molecule has 0 atom stereocenters. The van der Waals surface area contributed by atoms with Crippen molar-refractivity contribution >= 4 is 15.9 Å². The summed E-state index contributed by atoms with van der Waals surface area (Å²) in [6, 6.07) is 15.5. The molecule has 1 heterocycles. The van der Waals surface area contributed by atoms with Gasteiger partial charge in [0.05, 0.1) is 17.2 Å². The van der Waals surface area contributed by atoms with Crippen LogP contribution < -0.4 is 10.0 Å². The van der Waals surface area contributed by atoms with Crippen molar-refractivity contribution in [3.63, 3.8) is 0 Å². The summed E-state index contributed by atoms with van der Waals surface area (Å²) in [6.45, 7) is 0.744. The van der Waals surface area contributed by atoms with Gasteiger partial charge in [-0.25, -0.2) is 13.1 Å². The number of hydrogen-bond donors (Lipinski definition) is 3. The van der Waals surface area contributed by atoms with E-state index in [1.807, 2.05) is 30.3 Å². The zero-order valence-corrected chi connectivity index (χ0v) is 16.7. The number of nitrogens with zero attached hydrogens (tertiary/aromatic N) is 1. The molecule has 3 N–H and O–H groups in total. The molecule has 1 aromatic heterocycles. The summed E-state index contributed by atoms with van der Waals surface area (Å²) in [4.78, 5) is 12.5. The highest BCUT2D eigenvalue weighted by Crippen LogP contribution is 2.17. The fourth-order valence-electron chi connectivity index (χ4n) is 2.67. The van der Waals surface area contributed by atoms with Gasteiger partial charge >= 0.3 is 0 Å². The lowest BCUT2D eigenvalue weighted by Gasteiger charge is -2.09. The van der Waals surface area contributed by atoms with Crippen molar-refractivity contribution < 1.29 is 17.9 Å². The van der Waals surface area contributed by atoms with Crippen molar-refractivity contribution in [3.8, 4) is 11.3 Å². The molecular weight excluding hydrogens is 392 g/mol. The third-order valence-corrected chi connectivity index (χ3v) is 5.68. The summed E-state index contributed by atoms with van der Waals surface area (Å²) in [5, 5.41) is 9.63. The van der Waals surface area contributed by atoms with Gasteiger partial charge in [-0.15, -0.1) is 0 Å². The van der Waals surface area contributed by atoms with Crippen molar-refractivity contribution in [2.75, 3.05) is 20.3 Å². The lowest BCUT2D eigenvalue weighted by molar-refractivity contribution is 0.0950. The molecule has 3 aromatic rings. The quantitative estimate of drug-likeness (QED) is 0.463. The summed E-state index contributed by atoms with van der Waals surface area (Å²) in [5.41, 5.74) is 3.11. The van der Waals surface area contributed by atoms with E-state index >= 15 is 0 Å². The van der Waals surface area contributed by atoms with E-state index in [-0.39, 0.29) is 29.5 Å². The largest absolute Gasteiger partial charge is 0.383 e. The van der Waals surface area contributed by atoms with Crippen LogP contribution in [0.2, 0.25) is 0 Å². The molecule has 0 aliphatic heterocycles. The van der Waals surface area contributed by atoms with Crippen molar-refractivity contribution in [2.45, 2.75) is 11.4 Å². The van der Waals surface area contributed by atoms with Crippen LogP contribution in [0, 0.1) is 0 Å². The number of hydrogen-bond acceptors (Lipinski definition) is 5. The minimum Gasteiger partial charge on any atom is -0.383 e. The van der Waals surface area contributed by atoms with E-state index in [9.17, 15) is 13.2 Å². The first kappa shape index (κ1) is 20.7. The second-order valence-electron chi connectivity index (χ2n) is 6.27. The van der Waals surface area contributed by atoms with Gasteiger partial charge in [0.1, 0.15) is 0 Å². The maximum absolute atomic E-state index is 12.5. The van der Waals surface area contributed by atoms with Crippen molar-refractivity contribution in [1.29, 1.82) is 0 Å². The SMILES string of the molecule is COCCNS(=O)(=O)c1cccc(C(=O)NCc2ccc(-c3ccn[nH]3)cc2)c1. The van der Waals surface area contributed by atoms with Gasteiger partial charge in [0, 0.05) is 32.0 Å². The van der Waals surface area contributed by atoms with Crippen molar-refractivity contribution in [3.05, 3.63) is 71.9 Å². The fraction of sp³-hybridized carbons (Fsp3) is 0.200. The van der Waals surface area contributed by atoms with Crippen LogP contribution in [0.3, 0.4) is 0 Å². The number of rotatable bonds is 9. The molecule has 0 fully saturated rings. The summed E-state index contributed by atoms with van der Waals surface area (Å²) >= 11 is 0. The number of methoxy groups -OCH3 is 1. The molecule has 0 unspecified atom stereocenters. The summed E-state index contributed by atoms with van der Waals surface area (Å²) in [6.07, 6.45) is 1.69. The average Bonchev–Trinajstić information content (AvgIpc) is 3.27. The van der Waals surface area contributed by atoms with Crippen LogP contribution in [0.4, 0.5) is 0 Å². The van der Waals surface area contributed by atoms with E-state index in [2.05, 4.69) is 20.2 Å². The van der Waals surface area contributed by atoms with Gasteiger partial charge < -0.3 is 10.1 Å². The fourth-order valence-corrected chi connectivity index (χ4v) is 3.73. The lowest BCUT2D eigenvalue weighted by Crippen LogP contribution is -2.28. The highest BCUT2D eigenvalue weighted by molar-refractivity contribution is 7.89. The van der Waals surface area contributed by atoms with Crippen LogP contribution >= 0.6 is 0 Å². The molecule has 152 valence electrons. The molecule has 1 amide bonds. The van der Waals surface area contributed by atoms with Crippen LogP contribution in [-0.4, -0.2) is 44.8 Å². The second-order valence-corrected chi connectivity index (χ2v) is 8.04. The molecule has 0 aliphatic carbocycles. The van der Waals surface area contributed by atoms with E-state index in [4.69, 9.17) is 4.74 Å². The van der Waals surface area contributed by atoms with E-state index in [0.29, 0.717) is 6.54 Å². The van der Waals surface area contributed by atoms with Gasteiger partial charge in [0.15, 0.2) is 0 Å².